The van der Waals surface area contributed by atoms with Gasteiger partial charge in [0.1, 0.15) is 0 Å². The van der Waals surface area contributed by atoms with Gasteiger partial charge >= 0.3 is 0 Å². The van der Waals surface area contributed by atoms with Crippen LogP contribution in [-0.2, 0) is 12.8 Å². The van der Waals surface area contributed by atoms with Crippen molar-refractivity contribution in [3.63, 3.8) is 0 Å². The van der Waals surface area contributed by atoms with E-state index >= 15 is 0 Å². The van der Waals surface area contributed by atoms with E-state index in [0.29, 0.717) is 0 Å². The number of aryl methyl sites for hydroxylation is 2. The molecule has 0 radical (unpaired) electrons. The number of anilines is 2. The Morgan fingerprint density at radius 1 is 1.05 bits per heavy atom. The Morgan fingerprint density at radius 3 is 2.05 bits per heavy atom. The van der Waals surface area contributed by atoms with Crippen LogP contribution in [0.5, 0.6) is 0 Å². The Balaban J connectivity index is 0.000000902. The van der Waals surface area contributed by atoms with E-state index in [1.54, 1.807) is 16.8 Å². The molecular weight excluding hydrogens is 279 g/mol. The first-order valence-electron chi connectivity index (χ1n) is 6.91. The van der Waals surface area contributed by atoms with Crippen molar-refractivity contribution in [3.05, 3.63) is 23.3 Å². The Morgan fingerprint density at radius 2 is 1.58 bits per heavy atom. The second-order valence-electron chi connectivity index (χ2n) is 5.32. The lowest BCUT2D eigenvalue weighted by Gasteiger charge is -2.37. The van der Waals surface area contributed by atoms with Crippen molar-refractivity contribution < 1.29 is 0 Å². The fourth-order valence-electron chi connectivity index (χ4n) is 3.19. The van der Waals surface area contributed by atoms with E-state index in [1.165, 1.54) is 44.5 Å². The molecule has 0 fully saturated rings. The van der Waals surface area contributed by atoms with E-state index in [4.69, 9.17) is 0 Å². The highest BCUT2D eigenvalue weighted by Gasteiger charge is 2.24. The first kappa shape index (κ1) is 16.5. The topological polar surface area (TPSA) is 6.48 Å². The molecule has 0 amide bonds. The molecule has 2 aliphatic heterocycles. The molecule has 19 heavy (non-hydrogen) atoms. The van der Waals surface area contributed by atoms with Crippen LogP contribution in [0.4, 0.5) is 11.4 Å². The van der Waals surface area contributed by atoms with Gasteiger partial charge in [-0.15, -0.1) is 24.8 Å². The van der Waals surface area contributed by atoms with Gasteiger partial charge in [0.25, 0.3) is 0 Å². The largest absolute Gasteiger partial charge is 0.375 e. The molecule has 2 aliphatic rings. The van der Waals surface area contributed by atoms with E-state index < -0.39 is 0 Å². The maximum absolute atomic E-state index is 2.60. The Kier molecular flexibility index (Phi) is 5.82. The third-order valence-corrected chi connectivity index (χ3v) is 4.23. The van der Waals surface area contributed by atoms with Gasteiger partial charge < -0.3 is 9.80 Å². The number of rotatable bonds is 2. The third kappa shape index (κ3) is 2.95. The summed E-state index contributed by atoms with van der Waals surface area (Å²) in [5.41, 5.74) is 6.16. The summed E-state index contributed by atoms with van der Waals surface area (Å²) < 4.78 is 0. The fraction of sp³-hybridized carbons (Fsp3) is 0.600. The van der Waals surface area contributed by atoms with Crippen LogP contribution in [-0.4, -0.2) is 26.7 Å². The van der Waals surface area contributed by atoms with Gasteiger partial charge in [0.15, 0.2) is 0 Å². The molecule has 0 saturated heterocycles. The van der Waals surface area contributed by atoms with Crippen LogP contribution in [0.1, 0.15) is 30.9 Å². The molecule has 1 aromatic carbocycles. The van der Waals surface area contributed by atoms with Gasteiger partial charge in [-0.3, -0.25) is 0 Å². The smallest absolute Gasteiger partial charge is 0.0432 e. The molecule has 0 saturated carbocycles. The average molecular weight is 303 g/mol. The van der Waals surface area contributed by atoms with Crippen molar-refractivity contribution in [2.45, 2.75) is 32.6 Å². The summed E-state index contributed by atoms with van der Waals surface area (Å²) in [5, 5.41) is 0. The lowest BCUT2D eigenvalue weighted by Crippen LogP contribution is -2.34. The molecule has 2 heterocycles. The Bertz CT molecular complexity index is 403. The third-order valence-electron chi connectivity index (χ3n) is 4.23. The highest BCUT2D eigenvalue weighted by Crippen LogP contribution is 2.37. The second-order valence-corrected chi connectivity index (χ2v) is 5.32. The summed E-state index contributed by atoms with van der Waals surface area (Å²) >= 11 is 0. The van der Waals surface area contributed by atoms with E-state index in [-0.39, 0.29) is 24.8 Å². The molecule has 108 valence electrons. The summed E-state index contributed by atoms with van der Waals surface area (Å²) in [6.45, 7) is 5.84. The van der Waals surface area contributed by atoms with Crippen molar-refractivity contribution in [2.75, 3.05) is 36.5 Å². The minimum Gasteiger partial charge on any atom is -0.375 e. The molecule has 0 N–H and O–H groups in total. The molecule has 0 aromatic heterocycles. The molecular formula is C15H24Cl2N2. The molecule has 3 rings (SSSR count). The lowest BCUT2D eigenvalue weighted by molar-refractivity contribution is 0.634. The quantitative estimate of drug-likeness (QED) is 0.822. The maximum Gasteiger partial charge on any atom is 0.0432 e. The van der Waals surface area contributed by atoms with Gasteiger partial charge in [-0.2, -0.15) is 0 Å². The zero-order valence-electron chi connectivity index (χ0n) is 11.8. The lowest BCUT2D eigenvalue weighted by atomic mass is 9.91. The number of hydrogen-bond acceptors (Lipinski definition) is 2. The van der Waals surface area contributed by atoms with Crippen LogP contribution in [0.25, 0.3) is 0 Å². The first-order valence-corrected chi connectivity index (χ1v) is 6.91. The average Bonchev–Trinajstić information content (AvgIpc) is 2.38. The van der Waals surface area contributed by atoms with E-state index in [1.807, 2.05) is 0 Å². The summed E-state index contributed by atoms with van der Waals surface area (Å²) in [6.07, 6.45) is 5.19. The number of halogens is 2. The number of benzene rings is 1. The Labute approximate surface area is 129 Å². The minimum atomic E-state index is 0. The summed E-state index contributed by atoms with van der Waals surface area (Å²) in [5.74, 6) is 0. The predicted octanol–water partition coefficient (Wildman–Crippen LogP) is 3.69. The molecule has 0 aliphatic carbocycles. The zero-order valence-corrected chi connectivity index (χ0v) is 13.4. The van der Waals surface area contributed by atoms with Crippen molar-refractivity contribution >= 4 is 36.2 Å². The highest BCUT2D eigenvalue weighted by molar-refractivity contribution is 5.85. The maximum atomic E-state index is 2.60. The van der Waals surface area contributed by atoms with Crippen LogP contribution in [0.3, 0.4) is 0 Å². The van der Waals surface area contributed by atoms with Crippen LogP contribution in [0.2, 0.25) is 0 Å². The van der Waals surface area contributed by atoms with E-state index in [2.05, 4.69) is 35.9 Å². The van der Waals surface area contributed by atoms with Crippen molar-refractivity contribution in [1.82, 2.24) is 0 Å². The Hall–Kier alpha value is -0.600. The fourth-order valence-corrected chi connectivity index (χ4v) is 3.19. The van der Waals surface area contributed by atoms with E-state index in [0.717, 1.165) is 6.54 Å². The standard InChI is InChI=1S/C15H22N2.2ClH/c1-3-16(2)14-10-12-6-4-8-17-9-5-7-13(11-14)15(12)17;;/h10-11H,3-9H2,1-2H3;2*1H. The summed E-state index contributed by atoms with van der Waals surface area (Å²) in [7, 11) is 2.19. The SMILES string of the molecule is CCN(C)c1cc2c3c(c1)CCCN3CCC2.Cl.Cl. The molecule has 4 heteroatoms. The predicted molar refractivity (Wildman–Crippen MR) is 88.7 cm³/mol. The van der Waals surface area contributed by atoms with Crippen LogP contribution in [0.15, 0.2) is 12.1 Å². The second kappa shape index (κ2) is 6.71. The number of nitrogens with zero attached hydrogens (tertiary/aromatic N) is 2. The number of hydrogen-bond donors (Lipinski definition) is 0. The van der Waals surface area contributed by atoms with Gasteiger partial charge in [0, 0.05) is 38.1 Å². The van der Waals surface area contributed by atoms with Gasteiger partial charge in [-0.25, -0.2) is 0 Å². The van der Waals surface area contributed by atoms with Crippen molar-refractivity contribution in [1.29, 1.82) is 0 Å². The molecule has 0 spiro atoms. The normalized spacial score (nSPS) is 16.0. The van der Waals surface area contributed by atoms with Gasteiger partial charge in [0.05, 0.1) is 0 Å². The van der Waals surface area contributed by atoms with Gasteiger partial charge in [-0.1, -0.05) is 0 Å². The van der Waals surface area contributed by atoms with Crippen LogP contribution >= 0.6 is 24.8 Å². The van der Waals surface area contributed by atoms with Crippen LogP contribution in [0, 0.1) is 0 Å². The molecule has 0 unspecified atom stereocenters. The molecule has 0 bridgehead atoms. The summed E-state index contributed by atoms with van der Waals surface area (Å²) in [6, 6.07) is 4.83. The summed E-state index contributed by atoms with van der Waals surface area (Å²) in [4.78, 5) is 4.96. The molecule has 1 aromatic rings. The zero-order chi connectivity index (χ0) is 11.8. The highest BCUT2D eigenvalue weighted by atomic mass is 35.5. The molecule has 0 atom stereocenters. The van der Waals surface area contributed by atoms with Gasteiger partial charge in [-0.05, 0) is 55.9 Å². The van der Waals surface area contributed by atoms with Crippen LogP contribution < -0.4 is 9.80 Å². The van der Waals surface area contributed by atoms with Crippen molar-refractivity contribution in [2.24, 2.45) is 0 Å². The first-order chi connectivity index (χ1) is 8.29. The molecule has 2 nitrogen and oxygen atoms in total. The van der Waals surface area contributed by atoms with Gasteiger partial charge in [0.2, 0.25) is 0 Å². The monoisotopic (exact) mass is 302 g/mol. The van der Waals surface area contributed by atoms with Crippen molar-refractivity contribution in [3.8, 4) is 0 Å². The van der Waals surface area contributed by atoms with E-state index in [9.17, 15) is 0 Å². The minimum absolute atomic E-state index is 0.